The van der Waals surface area contributed by atoms with Crippen LogP contribution in [0.25, 0.3) is 0 Å². The number of fused-ring (bicyclic) bond motifs is 2. The van der Waals surface area contributed by atoms with Crippen LogP contribution in [0.2, 0.25) is 0 Å². The van der Waals surface area contributed by atoms with E-state index >= 15 is 0 Å². The molecule has 0 saturated heterocycles. The summed E-state index contributed by atoms with van der Waals surface area (Å²) in [5, 5.41) is 0. The van der Waals surface area contributed by atoms with E-state index in [9.17, 15) is 4.79 Å². The Morgan fingerprint density at radius 1 is 1.18 bits per heavy atom. The van der Waals surface area contributed by atoms with E-state index in [1.165, 1.54) is 5.56 Å². The maximum atomic E-state index is 11.8. The number of hydrogen-bond acceptors (Lipinski definition) is 1. The second kappa shape index (κ2) is 4.09. The molecule has 1 saturated carbocycles. The fourth-order valence-corrected chi connectivity index (χ4v) is 3.78. The van der Waals surface area contributed by atoms with Crippen LogP contribution in [-0.4, -0.2) is 5.78 Å². The Bertz CT molecular complexity index is 474. The highest BCUT2D eigenvalue weighted by atomic mass is 79.9. The Balaban J connectivity index is 1.99. The highest BCUT2D eigenvalue weighted by Gasteiger charge is 2.47. The van der Waals surface area contributed by atoms with Crippen molar-refractivity contribution >= 4 is 21.7 Å². The Kier molecular flexibility index (Phi) is 2.70. The van der Waals surface area contributed by atoms with Crippen molar-refractivity contribution in [1.29, 1.82) is 0 Å². The van der Waals surface area contributed by atoms with E-state index in [1.54, 1.807) is 6.92 Å². The quantitative estimate of drug-likeness (QED) is 0.754. The standard InChI is InChI=1S/C15H15BrO/c1-9(17)14-11-2-3-12(8-11)15(14)10-4-6-13(16)7-5-10/h2-7,11-12,14-15H,8H2,1H3/t11-,12+,14-,15-/m0/s1. The zero-order chi connectivity index (χ0) is 12.0. The molecule has 1 aromatic carbocycles. The van der Waals surface area contributed by atoms with Gasteiger partial charge in [0.2, 0.25) is 0 Å². The van der Waals surface area contributed by atoms with Crippen LogP contribution in [-0.2, 0) is 4.79 Å². The molecule has 0 heterocycles. The van der Waals surface area contributed by atoms with Gasteiger partial charge in [0.25, 0.3) is 0 Å². The van der Waals surface area contributed by atoms with E-state index in [4.69, 9.17) is 0 Å². The number of halogens is 1. The highest BCUT2D eigenvalue weighted by Crippen LogP contribution is 2.53. The average molecular weight is 291 g/mol. The summed E-state index contributed by atoms with van der Waals surface area (Å²) in [6, 6.07) is 8.45. The Morgan fingerprint density at radius 3 is 2.47 bits per heavy atom. The molecule has 0 N–H and O–H groups in total. The summed E-state index contributed by atoms with van der Waals surface area (Å²) in [5.41, 5.74) is 1.31. The second-order valence-corrected chi connectivity index (χ2v) is 6.08. The molecule has 2 aliphatic rings. The first-order valence-corrected chi connectivity index (χ1v) is 6.90. The Hall–Kier alpha value is -0.890. The molecule has 0 spiro atoms. The van der Waals surface area contributed by atoms with Gasteiger partial charge in [0, 0.05) is 16.3 Å². The number of carbonyl (C=O) groups excluding carboxylic acids is 1. The van der Waals surface area contributed by atoms with Crippen molar-refractivity contribution in [2.24, 2.45) is 17.8 Å². The molecule has 2 bridgehead atoms. The fraction of sp³-hybridized carbons (Fsp3) is 0.400. The van der Waals surface area contributed by atoms with Crippen molar-refractivity contribution in [1.82, 2.24) is 0 Å². The Labute approximate surface area is 110 Å². The maximum Gasteiger partial charge on any atom is 0.134 e. The molecular formula is C15H15BrO. The predicted molar refractivity (Wildman–Crippen MR) is 71.8 cm³/mol. The highest BCUT2D eigenvalue weighted by molar-refractivity contribution is 9.10. The monoisotopic (exact) mass is 290 g/mol. The molecule has 0 aromatic heterocycles. The minimum Gasteiger partial charge on any atom is -0.300 e. The van der Waals surface area contributed by atoms with Crippen LogP contribution in [0.5, 0.6) is 0 Å². The number of Topliss-reactive ketones (excluding diaryl/α,β-unsaturated/α-hetero) is 1. The summed E-state index contributed by atoms with van der Waals surface area (Å²) in [6.45, 7) is 1.74. The average Bonchev–Trinajstić information content (AvgIpc) is 2.89. The molecule has 1 aromatic rings. The molecule has 3 rings (SSSR count). The van der Waals surface area contributed by atoms with Crippen molar-refractivity contribution in [2.45, 2.75) is 19.3 Å². The lowest BCUT2D eigenvalue weighted by atomic mass is 9.77. The first kappa shape index (κ1) is 11.2. The van der Waals surface area contributed by atoms with Gasteiger partial charge in [-0.2, -0.15) is 0 Å². The van der Waals surface area contributed by atoms with Gasteiger partial charge in [-0.15, -0.1) is 0 Å². The molecule has 4 atom stereocenters. The maximum absolute atomic E-state index is 11.8. The third-order valence-corrected chi connectivity index (χ3v) is 4.71. The third kappa shape index (κ3) is 1.79. The Morgan fingerprint density at radius 2 is 1.82 bits per heavy atom. The van der Waals surface area contributed by atoms with Crippen LogP contribution >= 0.6 is 15.9 Å². The zero-order valence-electron chi connectivity index (χ0n) is 9.77. The summed E-state index contributed by atoms with van der Waals surface area (Å²) >= 11 is 3.46. The van der Waals surface area contributed by atoms with Crippen molar-refractivity contribution in [3.8, 4) is 0 Å². The lowest BCUT2D eigenvalue weighted by Crippen LogP contribution is -2.24. The number of benzene rings is 1. The summed E-state index contributed by atoms with van der Waals surface area (Å²) in [5.74, 6) is 1.98. The van der Waals surface area contributed by atoms with E-state index in [1.807, 2.05) is 0 Å². The number of hydrogen-bond donors (Lipinski definition) is 0. The van der Waals surface area contributed by atoms with Crippen LogP contribution < -0.4 is 0 Å². The predicted octanol–water partition coefficient (Wildman–Crippen LogP) is 3.94. The second-order valence-electron chi connectivity index (χ2n) is 5.16. The van der Waals surface area contributed by atoms with E-state index in [0.29, 0.717) is 23.5 Å². The molecule has 0 unspecified atom stereocenters. The minimum atomic E-state index is 0.200. The van der Waals surface area contributed by atoms with Gasteiger partial charge in [-0.25, -0.2) is 0 Å². The molecule has 2 heteroatoms. The van der Waals surface area contributed by atoms with Crippen LogP contribution in [0.1, 0.15) is 24.8 Å². The minimum absolute atomic E-state index is 0.200. The number of ketones is 1. The van der Waals surface area contributed by atoms with Crippen LogP contribution in [0.3, 0.4) is 0 Å². The molecule has 1 fully saturated rings. The summed E-state index contributed by atoms with van der Waals surface area (Å²) < 4.78 is 1.10. The lowest BCUT2D eigenvalue weighted by molar-refractivity contribution is -0.121. The molecule has 1 nitrogen and oxygen atoms in total. The van der Waals surface area contributed by atoms with Gasteiger partial charge in [-0.05, 0) is 42.9 Å². The van der Waals surface area contributed by atoms with Crippen LogP contribution in [0.4, 0.5) is 0 Å². The van der Waals surface area contributed by atoms with E-state index < -0.39 is 0 Å². The van der Waals surface area contributed by atoms with Crippen LogP contribution in [0.15, 0.2) is 40.9 Å². The van der Waals surface area contributed by atoms with Crippen molar-refractivity contribution in [3.05, 3.63) is 46.5 Å². The lowest BCUT2D eigenvalue weighted by Gasteiger charge is -2.26. The largest absolute Gasteiger partial charge is 0.300 e. The van der Waals surface area contributed by atoms with Crippen LogP contribution in [0, 0.1) is 17.8 Å². The smallest absolute Gasteiger partial charge is 0.134 e. The summed E-state index contributed by atoms with van der Waals surface area (Å²) in [7, 11) is 0. The van der Waals surface area contributed by atoms with Crippen molar-refractivity contribution < 1.29 is 4.79 Å². The molecule has 0 amide bonds. The first-order chi connectivity index (χ1) is 8.16. The van der Waals surface area contributed by atoms with Gasteiger partial charge in [0.15, 0.2) is 0 Å². The molecule has 17 heavy (non-hydrogen) atoms. The summed E-state index contributed by atoms with van der Waals surface area (Å²) in [4.78, 5) is 11.8. The number of rotatable bonds is 2. The van der Waals surface area contributed by atoms with E-state index in [-0.39, 0.29) is 5.92 Å². The topological polar surface area (TPSA) is 17.1 Å². The molecule has 2 aliphatic carbocycles. The van der Waals surface area contributed by atoms with Crippen molar-refractivity contribution in [3.63, 3.8) is 0 Å². The van der Waals surface area contributed by atoms with Gasteiger partial charge in [0.05, 0.1) is 0 Å². The van der Waals surface area contributed by atoms with Gasteiger partial charge >= 0.3 is 0 Å². The van der Waals surface area contributed by atoms with E-state index in [0.717, 1.165) is 10.9 Å². The van der Waals surface area contributed by atoms with E-state index in [2.05, 4.69) is 52.3 Å². The summed E-state index contributed by atoms with van der Waals surface area (Å²) in [6.07, 6.45) is 5.70. The van der Waals surface area contributed by atoms with Gasteiger partial charge in [0.1, 0.15) is 5.78 Å². The third-order valence-electron chi connectivity index (χ3n) is 4.18. The molecule has 88 valence electrons. The van der Waals surface area contributed by atoms with Gasteiger partial charge in [-0.3, -0.25) is 4.79 Å². The number of allylic oxidation sites excluding steroid dienone is 2. The normalized spacial score (nSPS) is 34.2. The van der Waals surface area contributed by atoms with Gasteiger partial charge < -0.3 is 0 Å². The molecule has 0 aliphatic heterocycles. The molecule has 0 radical (unpaired) electrons. The fourth-order valence-electron chi connectivity index (χ4n) is 3.52. The number of carbonyl (C=O) groups is 1. The molecular weight excluding hydrogens is 276 g/mol. The SMILES string of the molecule is CC(=O)[C@@H]1[C@@H](c2ccc(Br)cc2)[C@@H]2C=C[C@H]1C2. The van der Waals surface area contributed by atoms with Gasteiger partial charge in [-0.1, -0.05) is 40.2 Å². The first-order valence-electron chi connectivity index (χ1n) is 6.11. The zero-order valence-corrected chi connectivity index (χ0v) is 11.4. The van der Waals surface area contributed by atoms with Crippen molar-refractivity contribution in [2.75, 3.05) is 0 Å².